The molecule has 0 aliphatic rings. The number of nitrogens with zero attached hydrogens (tertiary/aromatic N) is 2. The molecule has 3 heteroatoms. The van der Waals surface area contributed by atoms with Crippen molar-refractivity contribution in [2.45, 2.75) is 20.8 Å². The average molecular weight is 215 g/mol. The van der Waals surface area contributed by atoms with Gasteiger partial charge in [0, 0.05) is 18.2 Å². The van der Waals surface area contributed by atoms with Gasteiger partial charge in [-0.25, -0.2) is 0 Å². The van der Waals surface area contributed by atoms with Crippen molar-refractivity contribution >= 4 is 5.82 Å². The molecule has 2 rings (SSSR count). The van der Waals surface area contributed by atoms with Gasteiger partial charge in [0.2, 0.25) is 0 Å². The topological polar surface area (TPSA) is 43.8 Å². The van der Waals surface area contributed by atoms with E-state index in [1.54, 1.807) is 4.68 Å². The van der Waals surface area contributed by atoms with Crippen LogP contribution in [0.1, 0.15) is 16.7 Å². The van der Waals surface area contributed by atoms with Crippen LogP contribution in [-0.4, -0.2) is 9.78 Å². The van der Waals surface area contributed by atoms with Crippen molar-refractivity contribution in [3.8, 4) is 11.3 Å². The summed E-state index contributed by atoms with van der Waals surface area (Å²) in [6.45, 7) is 6.20. The number of rotatable bonds is 1. The van der Waals surface area contributed by atoms with Crippen molar-refractivity contribution in [1.29, 1.82) is 0 Å². The second kappa shape index (κ2) is 3.67. The van der Waals surface area contributed by atoms with Crippen LogP contribution in [0.3, 0.4) is 0 Å². The molecule has 0 bridgehead atoms. The number of hydrogen-bond acceptors (Lipinski definition) is 2. The summed E-state index contributed by atoms with van der Waals surface area (Å²) >= 11 is 0. The Morgan fingerprint density at radius 3 is 2.06 bits per heavy atom. The van der Waals surface area contributed by atoms with Crippen molar-refractivity contribution < 1.29 is 0 Å². The van der Waals surface area contributed by atoms with Gasteiger partial charge < -0.3 is 5.73 Å². The summed E-state index contributed by atoms with van der Waals surface area (Å²) in [5.74, 6) is 0.731. The highest BCUT2D eigenvalue weighted by Crippen LogP contribution is 2.27. The predicted molar refractivity (Wildman–Crippen MR) is 67.3 cm³/mol. The first kappa shape index (κ1) is 10.7. The standard InChI is InChI=1S/C13H17N3/c1-8-5-9(2)7-11(6-8)12-10(3)13(14)16(4)15-12/h5-7H,14H2,1-4H3. The Morgan fingerprint density at radius 2 is 1.62 bits per heavy atom. The van der Waals surface area contributed by atoms with E-state index in [0.29, 0.717) is 0 Å². The minimum atomic E-state index is 0.731. The van der Waals surface area contributed by atoms with Crippen molar-refractivity contribution in [3.63, 3.8) is 0 Å². The van der Waals surface area contributed by atoms with Gasteiger partial charge in [0.25, 0.3) is 0 Å². The maximum Gasteiger partial charge on any atom is 0.124 e. The van der Waals surface area contributed by atoms with E-state index in [4.69, 9.17) is 5.73 Å². The van der Waals surface area contributed by atoms with Crippen LogP contribution in [0.25, 0.3) is 11.3 Å². The maximum atomic E-state index is 5.92. The molecule has 0 saturated carbocycles. The first-order chi connectivity index (χ1) is 7.49. The van der Waals surface area contributed by atoms with Gasteiger partial charge in [-0.1, -0.05) is 17.2 Å². The minimum absolute atomic E-state index is 0.731. The Labute approximate surface area is 95.9 Å². The van der Waals surface area contributed by atoms with E-state index in [1.807, 2.05) is 14.0 Å². The summed E-state index contributed by atoms with van der Waals surface area (Å²) in [6, 6.07) is 6.44. The number of nitrogens with two attached hydrogens (primary N) is 1. The van der Waals surface area contributed by atoms with Gasteiger partial charge in [-0.2, -0.15) is 5.10 Å². The van der Waals surface area contributed by atoms with E-state index in [9.17, 15) is 0 Å². The molecule has 0 saturated heterocycles. The third-order valence-electron chi connectivity index (χ3n) is 2.83. The van der Waals surface area contributed by atoms with Gasteiger partial charge >= 0.3 is 0 Å². The third kappa shape index (κ3) is 1.69. The molecular weight excluding hydrogens is 198 g/mol. The zero-order valence-corrected chi connectivity index (χ0v) is 10.2. The molecule has 0 unspecified atom stereocenters. The number of benzene rings is 1. The summed E-state index contributed by atoms with van der Waals surface area (Å²) in [5.41, 5.74) is 11.6. The summed E-state index contributed by atoms with van der Waals surface area (Å²) in [6.07, 6.45) is 0. The fraction of sp³-hybridized carbons (Fsp3) is 0.308. The Kier molecular flexibility index (Phi) is 2.46. The molecule has 1 heterocycles. The van der Waals surface area contributed by atoms with Crippen LogP contribution in [-0.2, 0) is 7.05 Å². The number of hydrogen-bond donors (Lipinski definition) is 1. The molecular formula is C13H17N3. The van der Waals surface area contributed by atoms with Gasteiger partial charge in [0.15, 0.2) is 0 Å². The maximum absolute atomic E-state index is 5.92. The lowest BCUT2D eigenvalue weighted by atomic mass is 10.0. The Bertz CT molecular complexity index is 518. The van der Waals surface area contributed by atoms with E-state index >= 15 is 0 Å². The summed E-state index contributed by atoms with van der Waals surface area (Å²) in [5, 5.41) is 4.45. The van der Waals surface area contributed by atoms with E-state index in [-0.39, 0.29) is 0 Å². The SMILES string of the molecule is Cc1cc(C)cc(-c2nn(C)c(N)c2C)c1. The Hall–Kier alpha value is -1.77. The molecule has 0 atom stereocenters. The quantitative estimate of drug-likeness (QED) is 0.794. The lowest BCUT2D eigenvalue weighted by molar-refractivity contribution is 0.782. The van der Waals surface area contributed by atoms with Crippen LogP contribution >= 0.6 is 0 Å². The summed E-state index contributed by atoms with van der Waals surface area (Å²) in [4.78, 5) is 0. The lowest BCUT2D eigenvalue weighted by Gasteiger charge is -2.03. The molecule has 0 fully saturated rings. The molecule has 1 aromatic carbocycles. The van der Waals surface area contributed by atoms with E-state index in [0.717, 1.165) is 22.6 Å². The summed E-state index contributed by atoms with van der Waals surface area (Å²) < 4.78 is 1.72. The molecule has 84 valence electrons. The van der Waals surface area contributed by atoms with Crippen LogP contribution in [0.4, 0.5) is 5.82 Å². The van der Waals surface area contributed by atoms with Gasteiger partial charge in [-0.05, 0) is 32.9 Å². The fourth-order valence-electron chi connectivity index (χ4n) is 2.03. The first-order valence-electron chi connectivity index (χ1n) is 5.37. The largest absolute Gasteiger partial charge is 0.384 e. The minimum Gasteiger partial charge on any atom is -0.384 e. The smallest absolute Gasteiger partial charge is 0.124 e. The normalized spacial score (nSPS) is 10.8. The second-order valence-electron chi connectivity index (χ2n) is 4.36. The highest BCUT2D eigenvalue weighted by atomic mass is 15.3. The highest BCUT2D eigenvalue weighted by Gasteiger charge is 2.11. The van der Waals surface area contributed by atoms with Gasteiger partial charge in [0.05, 0.1) is 5.69 Å². The number of anilines is 1. The molecule has 0 amide bonds. The van der Waals surface area contributed by atoms with Crippen molar-refractivity contribution in [2.75, 3.05) is 5.73 Å². The molecule has 0 spiro atoms. The van der Waals surface area contributed by atoms with Crippen molar-refractivity contribution in [1.82, 2.24) is 9.78 Å². The predicted octanol–water partition coefficient (Wildman–Crippen LogP) is 2.59. The van der Waals surface area contributed by atoms with Crippen LogP contribution in [0.5, 0.6) is 0 Å². The third-order valence-corrected chi connectivity index (χ3v) is 2.83. The molecule has 0 radical (unpaired) electrons. The Morgan fingerprint density at radius 1 is 1.06 bits per heavy atom. The van der Waals surface area contributed by atoms with Crippen molar-refractivity contribution in [3.05, 3.63) is 34.9 Å². The molecule has 0 aliphatic carbocycles. The fourth-order valence-corrected chi connectivity index (χ4v) is 2.03. The number of nitrogen functional groups attached to an aromatic ring is 1. The van der Waals surface area contributed by atoms with Crippen LogP contribution in [0, 0.1) is 20.8 Å². The molecule has 2 aromatic rings. The van der Waals surface area contributed by atoms with Gasteiger partial charge in [-0.3, -0.25) is 4.68 Å². The number of aryl methyl sites for hydroxylation is 3. The van der Waals surface area contributed by atoms with E-state index < -0.39 is 0 Å². The monoisotopic (exact) mass is 215 g/mol. The molecule has 16 heavy (non-hydrogen) atoms. The number of aromatic nitrogens is 2. The molecule has 0 aliphatic heterocycles. The first-order valence-corrected chi connectivity index (χ1v) is 5.37. The van der Waals surface area contributed by atoms with Gasteiger partial charge in [0.1, 0.15) is 5.82 Å². The second-order valence-corrected chi connectivity index (χ2v) is 4.36. The zero-order valence-electron chi connectivity index (χ0n) is 10.2. The zero-order chi connectivity index (χ0) is 11.9. The van der Waals surface area contributed by atoms with E-state index in [2.05, 4.69) is 37.1 Å². The molecule has 2 N–H and O–H groups in total. The molecule has 1 aromatic heterocycles. The lowest BCUT2D eigenvalue weighted by Crippen LogP contribution is -1.97. The van der Waals surface area contributed by atoms with Crippen LogP contribution in [0.2, 0.25) is 0 Å². The van der Waals surface area contributed by atoms with Crippen LogP contribution in [0.15, 0.2) is 18.2 Å². The molecule has 3 nitrogen and oxygen atoms in total. The highest BCUT2D eigenvalue weighted by molar-refractivity contribution is 5.69. The average Bonchev–Trinajstić information content (AvgIpc) is 2.44. The van der Waals surface area contributed by atoms with Crippen molar-refractivity contribution in [2.24, 2.45) is 7.05 Å². The van der Waals surface area contributed by atoms with E-state index in [1.165, 1.54) is 11.1 Å². The summed E-state index contributed by atoms with van der Waals surface area (Å²) in [7, 11) is 1.87. The Balaban J connectivity index is 2.62. The van der Waals surface area contributed by atoms with Crippen LogP contribution < -0.4 is 5.73 Å². The van der Waals surface area contributed by atoms with Gasteiger partial charge in [-0.15, -0.1) is 0 Å².